The van der Waals surface area contributed by atoms with E-state index < -0.39 is 10.0 Å². The van der Waals surface area contributed by atoms with Crippen LogP contribution in [0.2, 0.25) is 0 Å². The Hall–Kier alpha value is -1.53. The van der Waals surface area contributed by atoms with Gasteiger partial charge in [-0.15, -0.1) is 0 Å². The highest BCUT2D eigenvalue weighted by Gasteiger charge is 2.31. The summed E-state index contributed by atoms with van der Waals surface area (Å²) in [6.45, 7) is 2.74. The molecule has 0 saturated carbocycles. The van der Waals surface area contributed by atoms with E-state index in [1.54, 1.807) is 18.2 Å². The molecule has 0 saturated heterocycles. The van der Waals surface area contributed by atoms with E-state index in [1.807, 2.05) is 31.2 Å². The lowest BCUT2D eigenvalue weighted by Gasteiger charge is -2.31. The molecule has 0 fully saturated rings. The van der Waals surface area contributed by atoms with Crippen LogP contribution in [0.25, 0.3) is 0 Å². The smallest absolute Gasteiger partial charge is 0.268 e. The number of anilines is 1. The summed E-state index contributed by atoms with van der Waals surface area (Å²) in [5.74, 6) is 0.388. The van der Waals surface area contributed by atoms with Gasteiger partial charge in [0.15, 0.2) is 0 Å². The molecule has 1 aliphatic rings. The van der Waals surface area contributed by atoms with Gasteiger partial charge < -0.3 is 4.74 Å². The highest BCUT2D eigenvalue weighted by atomic mass is 79.9. The van der Waals surface area contributed by atoms with Crippen molar-refractivity contribution >= 4 is 31.6 Å². The summed E-state index contributed by atoms with van der Waals surface area (Å²) in [5.41, 5.74) is 1.83. The Morgan fingerprint density at radius 1 is 1.22 bits per heavy atom. The number of ether oxygens (including phenoxy) is 1. The van der Waals surface area contributed by atoms with E-state index in [-0.39, 0.29) is 4.90 Å². The van der Waals surface area contributed by atoms with Crippen LogP contribution in [0.1, 0.15) is 18.9 Å². The molecule has 4 nitrogen and oxygen atoms in total. The second-order valence-electron chi connectivity index (χ2n) is 5.33. The molecular weight excluding hydrogens is 378 g/mol. The average molecular weight is 396 g/mol. The lowest BCUT2D eigenvalue weighted by molar-refractivity contribution is 0.331. The first-order valence-electron chi connectivity index (χ1n) is 7.57. The van der Waals surface area contributed by atoms with Crippen LogP contribution in [0.4, 0.5) is 5.69 Å². The van der Waals surface area contributed by atoms with Gasteiger partial charge in [0.1, 0.15) is 10.6 Å². The molecule has 0 aromatic heterocycles. The maximum absolute atomic E-state index is 13.2. The minimum absolute atomic E-state index is 0.199. The van der Waals surface area contributed by atoms with Crippen molar-refractivity contribution in [2.24, 2.45) is 0 Å². The molecule has 0 aliphatic carbocycles. The largest absolute Gasteiger partial charge is 0.492 e. The number of rotatable bonds is 4. The van der Waals surface area contributed by atoms with Gasteiger partial charge in [0.2, 0.25) is 0 Å². The van der Waals surface area contributed by atoms with Gasteiger partial charge >= 0.3 is 0 Å². The van der Waals surface area contributed by atoms with E-state index in [0.29, 0.717) is 23.4 Å². The SMILES string of the molecule is CCOc1ccc(Br)cc1S(=O)(=O)N1CCCc2ccccc21. The van der Waals surface area contributed by atoms with Crippen molar-refractivity contribution < 1.29 is 13.2 Å². The van der Waals surface area contributed by atoms with Gasteiger partial charge in [-0.25, -0.2) is 8.42 Å². The standard InChI is InChI=1S/C17H18BrNO3S/c1-2-22-16-10-9-14(18)12-17(16)23(20,21)19-11-5-7-13-6-3-4-8-15(13)19/h3-4,6,8-10,12H,2,5,7,11H2,1H3. The maximum atomic E-state index is 13.2. The third-order valence-corrected chi connectivity index (χ3v) is 6.17. The van der Waals surface area contributed by atoms with Gasteiger partial charge in [0, 0.05) is 11.0 Å². The van der Waals surface area contributed by atoms with Gasteiger partial charge in [0.25, 0.3) is 10.0 Å². The summed E-state index contributed by atoms with van der Waals surface area (Å²) in [6, 6.07) is 12.8. The molecule has 1 aliphatic heterocycles. The van der Waals surface area contributed by atoms with Gasteiger partial charge in [-0.3, -0.25) is 4.31 Å². The first-order chi connectivity index (χ1) is 11.0. The number of nitrogens with zero attached hydrogens (tertiary/aromatic N) is 1. The third-order valence-electron chi connectivity index (χ3n) is 3.84. The fraction of sp³-hybridized carbons (Fsp3) is 0.294. The lowest BCUT2D eigenvalue weighted by Crippen LogP contribution is -2.35. The molecule has 0 spiro atoms. The van der Waals surface area contributed by atoms with Crippen LogP contribution in [0.15, 0.2) is 51.8 Å². The van der Waals surface area contributed by atoms with Crippen molar-refractivity contribution in [3.63, 3.8) is 0 Å². The summed E-state index contributed by atoms with van der Waals surface area (Å²) in [7, 11) is -3.67. The Labute approximate surface area is 145 Å². The van der Waals surface area contributed by atoms with Crippen molar-refractivity contribution in [3.8, 4) is 5.75 Å². The number of hydrogen-bond acceptors (Lipinski definition) is 3. The van der Waals surface area contributed by atoms with Crippen LogP contribution in [0.3, 0.4) is 0 Å². The van der Waals surface area contributed by atoms with Crippen LogP contribution < -0.4 is 9.04 Å². The molecule has 0 radical (unpaired) electrons. The quantitative estimate of drug-likeness (QED) is 0.785. The van der Waals surface area contributed by atoms with E-state index in [4.69, 9.17) is 4.74 Å². The zero-order valence-corrected chi connectivity index (χ0v) is 15.2. The fourth-order valence-corrected chi connectivity index (χ4v) is 5.04. The Kier molecular flexibility index (Phi) is 4.64. The second-order valence-corrected chi connectivity index (χ2v) is 8.08. The molecule has 0 bridgehead atoms. The highest BCUT2D eigenvalue weighted by Crippen LogP contribution is 2.36. The summed E-state index contributed by atoms with van der Waals surface area (Å²) >= 11 is 3.36. The molecule has 23 heavy (non-hydrogen) atoms. The molecule has 0 amide bonds. The number of hydrogen-bond donors (Lipinski definition) is 0. The Morgan fingerprint density at radius 2 is 2.00 bits per heavy atom. The van der Waals surface area contributed by atoms with E-state index in [9.17, 15) is 8.42 Å². The predicted molar refractivity (Wildman–Crippen MR) is 94.6 cm³/mol. The summed E-state index contributed by atoms with van der Waals surface area (Å²) in [6.07, 6.45) is 1.72. The molecule has 2 aromatic carbocycles. The normalized spacial score (nSPS) is 14.4. The Morgan fingerprint density at radius 3 is 2.78 bits per heavy atom. The molecule has 0 unspecified atom stereocenters. The third kappa shape index (κ3) is 3.10. The van der Waals surface area contributed by atoms with E-state index in [0.717, 1.165) is 24.1 Å². The molecule has 2 aromatic rings. The van der Waals surface area contributed by atoms with Gasteiger partial charge in [-0.1, -0.05) is 34.1 Å². The zero-order chi connectivity index (χ0) is 16.4. The first kappa shape index (κ1) is 16.3. The zero-order valence-electron chi connectivity index (χ0n) is 12.8. The van der Waals surface area contributed by atoms with Crippen LogP contribution in [-0.2, 0) is 16.4 Å². The summed E-state index contributed by atoms with van der Waals surface area (Å²) in [5, 5.41) is 0. The number of halogens is 1. The van der Waals surface area contributed by atoms with Crippen molar-refractivity contribution in [2.45, 2.75) is 24.7 Å². The minimum atomic E-state index is -3.67. The van der Waals surface area contributed by atoms with Gasteiger partial charge in [0.05, 0.1) is 12.3 Å². The number of aryl methyl sites for hydroxylation is 1. The average Bonchev–Trinajstić information content (AvgIpc) is 2.56. The van der Waals surface area contributed by atoms with E-state index >= 15 is 0 Å². The minimum Gasteiger partial charge on any atom is -0.492 e. The molecule has 0 N–H and O–H groups in total. The van der Waals surface area contributed by atoms with Crippen LogP contribution in [0, 0.1) is 0 Å². The fourth-order valence-electron chi connectivity index (χ4n) is 2.83. The van der Waals surface area contributed by atoms with Gasteiger partial charge in [-0.2, -0.15) is 0 Å². The van der Waals surface area contributed by atoms with Crippen molar-refractivity contribution in [2.75, 3.05) is 17.5 Å². The number of benzene rings is 2. The van der Waals surface area contributed by atoms with Gasteiger partial charge in [-0.05, 0) is 49.6 Å². The Balaban J connectivity index is 2.12. The highest BCUT2D eigenvalue weighted by molar-refractivity contribution is 9.10. The van der Waals surface area contributed by atoms with Crippen molar-refractivity contribution in [1.29, 1.82) is 0 Å². The monoisotopic (exact) mass is 395 g/mol. The maximum Gasteiger partial charge on any atom is 0.268 e. The van der Waals surface area contributed by atoms with E-state index in [1.165, 1.54) is 4.31 Å². The predicted octanol–water partition coefficient (Wildman–Crippen LogP) is 3.99. The lowest BCUT2D eigenvalue weighted by atomic mass is 10.0. The number of sulfonamides is 1. The van der Waals surface area contributed by atoms with Crippen LogP contribution >= 0.6 is 15.9 Å². The summed E-state index contributed by atoms with van der Waals surface area (Å²) < 4.78 is 34.2. The Bertz CT molecular complexity index is 820. The molecule has 1 heterocycles. The van der Waals surface area contributed by atoms with Crippen molar-refractivity contribution in [3.05, 3.63) is 52.5 Å². The first-order valence-corrected chi connectivity index (χ1v) is 9.80. The van der Waals surface area contributed by atoms with Crippen LogP contribution in [-0.4, -0.2) is 21.6 Å². The van der Waals surface area contributed by atoms with E-state index in [2.05, 4.69) is 15.9 Å². The molecule has 0 atom stereocenters. The second kappa shape index (κ2) is 6.53. The van der Waals surface area contributed by atoms with Crippen molar-refractivity contribution in [1.82, 2.24) is 0 Å². The molecule has 3 rings (SSSR count). The molecule has 6 heteroatoms. The van der Waals surface area contributed by atoms with Crippen LogP contribution in [0.5, 0.6) is 5.75 Å². The molecule has 122 valence electrons. The topological polar surface area (TPSA) is 46.6 Å². The number of fused-ring (bicyclic) bond motifs is 1. The number of para-hydroxylation sites is 1. The molecular formula is C17H18BrNO3S. The summed E-state index contributed by atoms with van der Waals surface area (Å²) in [4.78, 5) is 0.199.